The van der Waals surface area contributed by atoms with E-state index in [-0.39, 0.29) is 6.04 Å². The van der Waals surface area contributed by atoms with Crippen LogP contribution in [-0.2, 0) is 17.7 Å². The Kier molecular flexibility index (Phi) is 7.24. The highest BCUT2D eigenvalue weighted by Crippen LogP contribution is 2.32. The van der Waals surface area contributed by atoms with Gasteiger partial charge in [-0.3, -0.25) is 9.27 Å². The number of rotatable bonds is 9. The molecule has 1 unspecified atom stereocenters. The van der Waals surface area contributed by atoms with E-state index >= 15 is 0 Å². The van der Waals surface area contributed by atoms with Gasteiger partial charge in [0.1, 0.15) is 10.0 Å². The molecule has 35 heavy (non-hydrogen) atoms. The molecule has 7 nitrogen and oxygen atoms in total. The predicted octanol–water partition coefficient (Wildman–Crippen LogP) is 6.27. The van der Waals surface area contributed by atoms with Crippen LogP contribution in [0.1, 0.15) is 17.3 Å². The summed E-state index contributed by atoms with van der Waals surface area (Å²) in [5, 5.41) is 16.9. The molecule has 2 atom stereocenters. The van der Waals surface area contributed by atoms with E-state index in [0.717, 1.165) is 37.5 Å². The molecule has 0 amide bonds. The lowest BCUT2D eigenvalue weighted by Crippen LogP contribution is -2.14. The molecule has 2 aromatic heterocycles. The fraction of sp³-hybridized carbons (Fsp3) is 0.0800. The second-order valence-electron chi connectivity index (χ2n) is 7.67. The van der Waals surface area contributed by atoms with Gasteiger partial charge in [0.25, 0.3) is 11.3 Å². The molecule has 5 rings (SSSR count). The Morgan fingerprint density at radius 1 is 0.857 bits per heavy atom. The van der Waals surface area contributed by atoms with E-state index in [2.05, 4.69) is 37.7 Å². The van der Waals surface area contributed by atoms with Gasteiger partial charge in [-0.05, 0) is 24.1 Å². The number of anilines is 2. The van der Waals surface area contributed by atoms with Gasteiger partial charge in [0.15, 0.2) is 0 Å². The molecule has 3 aromatic carbocycles. The monoisotopic (exact) mass is 519 g/mol. The molecule has 0 aliphatic rings. The number of aromatic nitrogens is 3. The third-order valence-electron chi connectivity index (χ3n) is 5.24. The van der Waals surface area contributed by atoms with Gasteiger partial charge in [-0.25, -0.2) is 9.19 Å². The number of thiazole rings is 1. The van der Waals surface area contributed by atoms with E-state index in [9.17, 15) is 4.21 Å². The van der Waals surface area contributed by atoms with Crippen LogP contribution in [0.15, 0.2) is 90.3 Å². The summed E-state index contributed by atoms with van der Waals surface area (Å²) in [7, 11) is 0. The first-order valence-electron chi connectivity index (χ1n) is 10.8. The van der Waals surface area contributed by atoms with Crippen molar-refractivity contribution in [1.82, 2.24) is 15.2 Å². The van der Waals surface area contributed by atoms with Crippen molar-refractivity contribution in [3.63, 3.8) is 0 Å². The highest BCUT2D eigenvalue weighted by molar-refractivity contribution is 7.80. The molecule has 0 saturated heterocycles. The molecule has 0 radical (unpaired) electrons. The molecule has 0 bridgehead atoms. The van der Waals surface area contributed by atoms with E-state index in [1.54, 1.807) is 23.5 Å². The van der Waals surface area contributed by atoms with E-state index in [1.165, 1.54) is 11.3 Å². The normalized spacial score (nSPS) is 12.7. The van der Waals surface area contributed by atoms with Crippen LogP contribution in [0, 0.1) is 0 Å². The van der Waals surface area contributed by atoms with Gasteiger partial charge in [-0.1, -0.05) is 84.1 Å². The standard InChI is InChI=1S/C25H21N5O2S3/c31-35(32)30-20-13-11-17(12-14-20)15-21(22-16-33-23(26-22)18-7-3-1-4-8-18)27-25-29-28-24(34-25)19-9-5-2-6-10-19/h1-14,16,21,30H,15H2,(H,27,29)(H,31,32)/t21-/m0/s1. The van der Waals surface area contributed by atoms with Crippen molar-refractivity contribution in [3.05, 3.63) is 102 Å². The van der Waals surface area contributed by atoms with Gasteiger partial charge in [0.2, 0.25) is 5.13 Å². The third kappa shape index (κ3) is 5.98. The van der Waals surface area contributed by atoms with Crippen LogP contribution in [-0.4, -0.2) is 23.9 Å². The van der Waals surface area contributed by atoms with Crippen LogP contribution < -0.4 is 10.0 Å². The first-order chi connectivity index (χ1) is 17.1. The minimum atomic E-state index is -2.10. The average Bonchev–Trinajstić information content (AvgIpc) is 3.56. The van der Waals surface area contributed by atoms with Crippen molar-refractivity contribution in [2.24, 2.45) is 0 Å². The molecular weight excluding hydrogens is 499 g/mol. The van der Waals surface area contributed by atoms with Crippen molar-refractivity contribution in [1.29, 1.82) is 0 Å². The van der Waals surface area contributed by atoms with Crippen molar-refractivity contribution < 1.29 is 8.76 Å². The summed E-state index contributed by atoms with van der Waals surface area (Å²) in [6, 6.07) is 27.4. The minimum absolute atomic E-state index is 0.133. The smallest absolute Gasteiger partial charge is 0.259 e. The Morgan fingerprint density at radius 2 is 1.51 bits per heavy atom. The number of hydrogen-bond acceptors (Lipinski definition) is 7. The highest BCUT2D eigenvalue weighted by atomic mass is 32.2. The van der Waals surface area contributed by atoms with Crippen LogP contribution in [0.2, 0.25) is 0 Å². The van der Waals surface area contributed by atoms with E-state index in [1.807, 2.05) is 60.7 Å². The molecule has 5 aromatic rings. The van der Waals surface area contributed by atoms with Crippen molar-refractivity contribution in [2.75, 3.05) is 10.0 Å². The van der Waals surface area contributed by atoms with Gasteiger partial charge >= 0.3 is 0 Å². The van der Waals surface area contributed by atoms with E-state index in [0.29, 0.717) is 12.1 Å². The largest absolute Gasteiger partial charge is 0.351 e. The quantitative estimate of drug-likeness (QED) is 0.198. The molecule has 0 spiro atoms. The second kappa shape index (κ2) is 10.9. The average molecular weight is 520 g/mol. The number of benzene rings is 3. The van der Waals surface area contributed by atoms with Crippen molar-refractivity contribution in [3.8, 4) is 21.1 Å². The first-order valence-corrected chi connectivity index (χ1v) is 13.6. The van der Waals surface area contributed by atoms with Crippen molar-refractivity contribution >= 4 is 44.8 Å². The van der Waals surface area contributed by atoms with Crippen molar-refractivity contribution in [2.45, 2.75) is 12.5 Å². The Hall–Kier alpha value is -3.44. The van der Waals surface area contributed by atoms with Gasteiger partial charge in [0.05, 0.1) is 11.7 Å². The molecular formula is C25H21N5O2S3. The molecule has 3 N–H and O–H groups in total. The maximum Gasteiger partial charge on any atom is 0.259 e. The summed E-state index contributed by atoms with van der Waals surface area (Å²) in [6.07, 6.45) is 0.653. The molecule has 0 fully saturated rings. The minimum Gasteiger partial charge on any atom is -0.351 e. The summed E-state index contributed by atoms with van der Waals surface area (Å²) in [4.78, 5) is 4.92. The number of nitrogens with zero attached hydrogens (tertiary/aromatic N) is 3. The zero-order chi connectivity index (χ0) is 24.0. The van der Waals surface area contributed by atoms with E-state index < -0.39 is 11.3 Å². The summed E-state index contributed by atoms with van der Waals surface area (Å²) >= 11 is 1.01. The highest BCUT2D eigenvalue weighted by Gasteiger charge is 2.19. The number of hydrogen-bond donors (Lipinski definition) is 3. The zero-order valence-electron chi connectivity index (χ0n) is 18.4. The Bertz CT molecular complexity index is 1410. The lowest BCUT2D eigenvalue weighted by molar-refractivity contribution is 0.570. The maximum atomic E-state index is 11.0. The summed E-state index contributed by atoms with van der Waals surface area (Å²) in [5.74, 6) is 0. The molecule has 2 heterocycles. The second-order valence-corrected chi connectivity index (χ2v) is 10.2. The molecule has 0 aliphatic carbocycles. The van der Waals surface area contributed by atoms with E-state index in [4.69, 9.17) is 9.54 Å². The molecule has 0 aliphatic heterocycles. The fourth-order valence-corrected chi connectivity index (χ4v) is 5.58. The SMILES string of the molecule is O=S(O)Nc1ccc(C[C@H](Nc2nnc(-c3ccccc3)s2)c2csc(-c3ccccc3)n2)cc1. The third-order valence-corrected chi connectivity index (χ3v) is 7.47. The lowest BCUT2D eigenvalue weighted by Gasteiger charge is -2.16. The van der Waals surface area contributed by atoms with Gasteiger partial charge in [-0.2, -0.15) is 0 Å². The van der Waals surface area contributed by atoms with Crippen LogP contribution in [0.5, 0.6) is 0 Å². The predicted molar refractivity (Wildman–Crippen MR) is 144 cm³/mol. The molecule has 0 saturated carbocycles. The van der Waals surface area contributed by atoms with Crippen LogP contribution in [0.25, 0.3) is 21.1 Å². The van der Waals surface area contributed by atoms with Crippen LogP contribution in [0.3, 0.4) is 0 Å². The topological polar surface area (TPSA) is 100 Å². The zero-order valence-corrected chi connectivity index (χ0v) is 20.8. The molecule has 10 heteroatoms. The first kappa shape index (κ1) is 23.3. The van der Waals surface area contributed by atoms with Gasteiger partial charge in [0, 0.05) is 22.2 Å². The fourth-order valence-electron chi connectivity index (χ4n) is 3.56. The lowest BCUT2D eigenvalue weighted by atomic mass is 10.0. The van der Waals surface area contributed by atoms with Gasteiger partial charge < -0.3 is 5.32 Å². The number of nitrogens with one attached hydrogen (secondary N) is 2. The molecule has 176 valence electrons. The summed E-state index contributed by atoms with van der Waals surface area (Å²) < 4.78 is 22.5. The Balaban J connectivity index is 1.41. The maximum absolute atomic E-state index is 11.0. The summed E-state index contributed by atoms with van der Waals surface area (Å²) in [5.41, 5.74) is 4.66. The Labute approximate surface area is 213 Å². The summed E-state index contributed by atoms with van der Waals surface area (Å²) in [6.45, 7) is 0. The van der Waals surface area contributed by atoms with Crippen LogP contribution >= 0.6 is 22.7 Å². The van der Waals surface area contributed by atoms with Crippen LogP contribution in [0.4, 0.5) is 10.8 Å². The Morgan fingerprint density at radius 3 is 2.17 bits per heavy atom. The van der Waals surface area contributed by atoms with Gasteiger partial charge in [-0.15, -0.1) is 21.5 Å².